The van der Waals surface area contributed by atoms with Crippen molar-refractivity contribution in [3.05, 3.63) is 29.1 Å². The van der Waals surface area contributed by atoms with Gasteiger partial charge in [0.05, 0.1) is 30.4 Å². The Labute approximate surface area is 200 Å². The molecule has 1 saturated carbocycles. The molecule has 2 fully saturated rings. The Morgan fingerprint density at radius 2 is 1.94 bits per heavy atom. The lowest BCUT2D eigenvalue weighted by atomic mass is 10.1. The van der Waals surface area contributed by atoms with Crippen LogP contribution in [0.15, 0.2) is 28.3 Å². The van der Waals surface area contributed by atoms with Crippen molar-refractivity contribution in [2.75, 3.05) is 32.1 Å². The first-order valence-electron chi connectivity index (χ1n) is 11.9. The van der Waals surface area contributed by atoms with E-state index in [-0.39, 0.29) is 17.8 Å². The van der Waals surface area contributed by atoms with Gasteiger partial charge in [0.25, 0.3) is 0 Å². The molecule has 12 heteroatoms. The number of aryl methyl sites for hydroxylation is 1. The minimum Gasteiger partial charge on any atom is -0.383 e. The molecule has 1 aliphatic heterocycles. The van der Waals surface area contributed by atoms with E-state index in [1.165, 1.54) is 0 Å². The number of aromatic nitrogens is 6. The van der Waals surface area contributed by atoms with Crippen molar-refractivity contribution in [2.24, 2.45) is 7.05 Å². The van der Waals surface area contributed by atoms with Crippen LogP contribution in [-0.2, 0) is 29.3 Å². The number of piperidine rings is 1. The largest absolute Gasteiger partial charge is 0.383 e. The van der Waals surface area contributed by atoms with E-state index in [2.05, 4.69) is 15.4 Å². The molecular weight excluding hydrogens is 456 g/mol. The smallest absolute Gasteiger partial charge is 0.330 e. The Kier molecular flexibility index (Phi) is 6.79. The Morgan fingerprint density at radius 3 is 2.62 bits per heavy atom. The van der Waals surface area contributed by atoms with Gasteiger partial charge in [-0.2, -0.15) is 10.1 Å². The van der Waals surface area contributed by atoms with Crippen LogP contribution in [0.5, 0.6) is 0 Å². The average Bonchev–Trinajstić information content (AvgIpc) is 3.57. The van der Waals surface area contributed by atoms with E-state index >= 15 is 0 Å². The van der Waals surface area contributed by atoms with Gasteiger partial charge < -0.3 is 10.1 Å². The summed E-state index contributed by atoms with van der Waals surface area (Å²) in [6.45, 7) is 2.36. The maximum absolute atomic E-state index is 13.2. The van der Waals surface area contributed by atoms with Crippen LogP contribution in [-0.4, -0.2) is 70.2 Å². The van der Waals surface area contributed by atoms with Crippen LogP contribution in [0.4, 0.5) is 5.95 Å². The average molecular weight is 489 g/mol. The molecule has 2 aliphatic rings. The van der Waals surface area contributed by atoms with Gasteiger partial charge in [-0.1, -0.05) is 12.8 Å². The van der Waals surface area contributed by atoms with E-state index < -0.39 is 11.0 Å². The second kappa shape index (κ2) is 9.96. The van der Waals surface area contributed by atoms with Gasteiger partial charge in [-0.3, -0.25) is 13.8 Å². The number of nitrogens with one attached hydrogen (secondary N) is 1. The van der Waals surface area contributed by atoms with Crippen molar-refractivity contribution in [1.29, 1.82) is 0 Å². The molecule has 0 radical (unpaired) electrons. The summed E-state index contributed by atoms with van der Waals surface area (Å²) in [7, 11) is 2.26. The first-order chi connectivity index (χ1) is 16.5. The number of ether oxygens (including phenoxy) is 1. The summed E-state index contributed by atoms with van der Waals surface area (Å²) < 4.78 is 25.2. The van der Waals surface area contributed by atoms with Gasteiger partial charge in [0.1, 0.15) is 16.5 Å². The van der Waals surface area contributed by atoms with Crippen LogP contribution in [0.25, 0.3) is 11.2 Å². The number of methoxy groups -OCH3 is 1. The molecule has 184 valence electrons. The molecule has 4 heterocycles. The van der Waals surface area contributed by atoms with Crippen LogP contribution in [0.3, 0.4) is 0 Å². The lowest BCUT2D eigenvalue weighted by molar-refractivity contribution is 0.187. The van der Waals surface area contributed by atoms with Crippen molar-refractivity contribution in [3.8, 4) is 0 Å². The molecule has 1 N–H and O–H groups in total. The highest BCUT2D eigenvalue weighted by atomic mass is 32.2. The molecule has 0 aromatic carbocycles. The van der Waals surface area contributed by atoms with Crippen LogP contribution in [0, 0.1) is 0 Å². The second-order valence-corrected chi connectivity index (χ2v) is 10.6. The molecule has 1 aliphatic carbocycles. The fourth-order valence-corrected chi connectivity index (χ4v) is 6.22. The van der Waals surface area contributed by atoms with Crippen molar-refractivity contribution in [2.45, 2.75) is 62.0 Å². The van der Waals surface area contributed by atoms with Crippen molar-refractivity contribution >= 4 is 28.1 Å². The summed E-state index contributed by atoms with van der Waals surface area (Å²) in [5.74, 6) is 0.537. The van der Waals surface area contributed by atoms with E-state index in [0.717, 1.165) is 48.9 Å². The summed E-state index contributed by atoms with van der Waals surface area (Å²) in [4.78, 5) is 23.3. The number of anilines is 1. The third kappa shape index (κ3) is 4.53. The van der Waals surface area contributed by atoms with E-state index in [1.54, 1.807) is 34.9 Å². The molecule has 0 spiro atoms. The normalized spacial score (nSPS) is 19.2. The Balaban J connectivity index is 1.32. The third-order valence-corrected chi connectivity index (χ3v) is 8.27. The van der Waals surface area contributed by atoms with Gasteiger partial charge in [-0.05, 0) is 25.7 Å². The maximum Gasteiger partial charge on any atom is 0.330 e. The molecule has 1 atom stereocenters. The van der Waals surface area contributed by atoms with Crippen LogP contribution >= 0.6 is 0 Å². The van der Waals surface area contributed by atoms with Crippen LogP contribution in [0.2, 0.25) is 0 Å². The zero-order valence-electron chi connectivity index (χ0n) is 19.7. The number of imidazole rings is 1. The van der Waals surface area contributed by atoms with Gasteiger partial charge in [0.2, 0.25) is 5.95 Å². The molecule has 34 heavy (non-hydrogen) atoms. The van der Waals surface area contributed by atoms with E-state index in [0.29, 0.717) is 37.8 Å². The van der Waals surface area contributed by atoms with E-state index in [9.17, 15) is 9.00 Å². The van der Waals surface area contributed by atoms with Crippen molar-refractivity contribution in [3.63, 3.8) is 0 Å². The number of hydrogen-bond donors (Lipinski definition) is 1. The predicted octanol–water partition coefficient (Wildman–Crippen LogP) is 1.69. The minimum absolute atomic E-state index is 0.0309. The van der Waals surface area contributed by atoms with Crippen LogP contribution in [0.1, 0.15) is 44.6 Å². The highest BCUT2D eigenvalue weighted by Gasteiger charge is 2.27. The van der Waals surface area contributed by atoms with Gasteiger partial charge in [0.15, 0.2) is 5.65 Å². The SMILES string of the molecule is COCCn1c(=O)n(C2CCCC2)c2nc(NC3CCN(S(=O)c4cnn(C)c4)CC3)ncc21. The lowest BCUT2D eigenvalue weighted by Crippen LogP contribution is -2.40. The summed E-state index contributed by atoms with van der Waals surface area (Å²) in [5, 5.41) is 7.58. The fourth-order valence-electron chi connectivity index (χ4n) is 5.00. The van der Waals surface area contributed by atoms with Gasteiger partial charge in [0, 0.05) is 45.5 Å². The first kappa shape index (κ1) is 23.2. The van der Waals surface area contributed by atoms with E-state index in [4.69, 9.17) is 9.72 Å². The summed E-state index contributed by atoms with van der Waals surface area (Å²) in [5.41, 5.74) is 1.42. The first-order valence-corrected chi connectivity index (χ1v) is 13.0. The summed E-state index contributed by atoms with van der Waals surface area (Å²) in [6.07, 6.45) is 11.1. The van der Waals surface area contributed by atoms with Crippen molar-refractivity contribution < 1.29 is 8.95 Å². The molecule has 5 rings (SSSR count). The molecule has 0 bridgehead atoms. The topological polar surface area (TPSA) is 112 Å². The fraction of sp³-hybridized carbons (Fsp3) is 0.636. The minimum atomic E-state index is -1.20. The van der Waals surface area contributed by atoms with Crippen LogP contribution < -0.4 is 11.0 Å². The Morgan fingerprint density at radius 1 is 1.18 bits per heavy atom. The molecule has 0 amide bonds. The van der Waals surface area contributed by atoms with Crippen molar-refractivity contribution in [1.82, 2.24) is 33.2 Å². The summed E-state index contributed by atoms with van der Waals surface area (Å²) in [6, 6.07) is 0.370. The number of rotatable bonds is 8. The third-order valence-electron chi connectivity index (χ3n) is 6.82. The molecular formula is C22H32N8O3S. The zero-order chi connectivity index (χ0) is 23.7. The molecule has 3 aromatic rings. The van der Waals surface area contributed by atoms with E-state index in [1.807, 2.05) is 15.9 Å². The second-order valence-electron chi connectivity index (χ2n) is 9.08. The molecule has 11 nitrogen and oxygen atoms in total. The number of hydrogen-bond acceptors (Lipinski definition) is 7. The standard InChI is InChI=1S/C22H32N8O3S/c1-27-15-18(13-24-27)34(32)28-9-7-16(8-10-28)25-21-23-14-19-20(26-21)30(17-5-3-4-6-17)22(31)29(19)11-12-33-2/h13-17H,3-12H2,1-2H3,(H,23,25,26). The van der Waals surface area contributed by atoms with Gasteiger partial charge in [-0.15, -0.1) is 0 Å². The molecule has 1 unspecified atom stereocenters. The highest BCUT2D eigenvalue weighted by molar-refractivity contribution is 7.82. The Hall–Kier alpha value is -2.57. The molecule has 3 aromatic heterocycles. The lowest BCUT2D eigenvalue weighted by Gasteiger charge is -2.30. The predicted molar refractivity (Wildman–Crippen MR) is 129 cm³/mol. The highest BCUT2D eigenvalue weighted by Crippen LogP contribution is 2.31. The number of nitrogens with zero attached hydrogens (tertiary/aromatic N) is 7. The molecule has 1 saturated heterocycles. The quantitative estimate of drug-likeness (QED) is 0.513. The number of fused-ring (bicyclic) bond motifs is 1. The monoisotopic (exact) mass is 488 g/mol. The van der Waals surface area contributed by atoms with Gasteiger partial charge in [-0.25, -0.2) is 18.3 Å². The summed E-state index contributed by atoms with van der Waals surface area (Å²) >= 11 is 0. The zero-order valence-corrected chi connectivity index (χ0v) is 20.5. The van der Waals surface area contributed by atoms with Gasteiger partial charge >= 0.3 is 5.69 Å². The Bertz CT molecular complexity index is 1220. The maximum atomic E-state index is 13.2.